The molecule has 0 saturated heterocycles. The summed E-state index contributed by atoms with van der Waals surface area (Å²) in [6, 6.07) is 5.37. The molecule has 0 aliphatic heterocycles. The predicted octanol–water partition coefficient (Wildman–Crippen LogP) is 2.78. The van der Waals surface area contributed by atoms with Gasteiger partial charge in [0.15, 0.2) is 0 Å². The highest BCUT2D eigenvalue weighted by Gasteiger charge is 2.13. The maximum Gasteiger partial charge on any atom is 0.214 e. The normalized spacial score (nSPS) is 10.1. The Morgan fingerprint density at radius 1 is 1.38 bits per heavy atom. The molecule has 0 aliphatic carbocycles. The smallest absolute Gasteiger partial charge is 0.214 e. The predicted molar refractivity (Wildman–Crippen MR) is 64.3 cm³/mol. The summed E-state index contributed by atoms with van der Waals surface area (Å²) in [5, 5.41) is 0. The molecule has 4 heteroatoms. The van der Waals surface area contributed by atoms with Gasteiger partial charge in [0.05, 0.1) is 0 Å². The first-order valence-corrected chi connectivity index (χ1v) is 5.54. The minimum Gasteiger partial charge on any atom is -0.287 e. The van der Waals surface area contributed by atoms with E-state index in [0.717, 1.165) is 5.56 Å². The molecule has 0 fully saturated rings. The van der Waals surface area contributed by atoms with Crippen molar-refractivity contribution in [3.8, 4) is 0 Å². The molecular weight excluding hydrogens is 268 g/mol. The van der Waals surface area contributed by atoms with Gasteiger partial charge in [0.2, 0.25) is 5.78 Å². The van der Waals surface area contributed by atoms with Gasteiger partial charge in [-0.05, 0) is 46.6 Å². The van der Waals surface area contributed by atoms with Crippen LogP contribution in [0.3, 0.4) is 0 Å². The molecule has 0 atom stereocenters. The van der Waals surface area contributed by atoms with Crippen LogP contribution in [0.1, 0.15) is 21.6 Å². The Hall–Kier alpha value is -1.55. The highest BCUT2D eigenvalue weighted by atomic mass is 79.9. The van der Waals surface area contributed by atoms with E-state index in [9.17, 15) is 4.79 Å². The number of nitrogens with zero attached hydrogens (tertiary/aromatic N) is 2. The van der Waals surface area contributed by atoms with Crippen LogP contribution >= 0.6 is 15.9 Å². The van der Waals surface area contributed by atoms with Crippen molar-refractivity contribution in [1.82, 2.24) is 9.97 Å². The monoisotopic (exact) mass is 276 g/mol. The van der Waals surface area contributed by atoms with Crippen molar-refractivity contribution in [2.45, 2.75) is 6.92 Å². The van der Waals surface area contributed by atoms with Gasteiger partial charge in [0, 0.05) is 28.6 Å². The number of ketones is 1. The first kappa shape index (κ1) is 11.0. The summed E-state index contributed by atoms with van der Waals surface area (Å²) in [5.74, 6) is -0.122. The first-order chi connectivity index (χ1) is 7.68. The number of aryl methyl sites for hydroxylation is 1. The van der Waals surface area contributed by atoms with Crippen LogP contribution in [0.15, 0.2) is 41.3 Å². The van der Waals surface area contributed by atoms with Crippen molar-refractivity contribution in [3.05, 3.63) is 58.1 Å². The molecule has 2 rings (SSSR count). The molecule has 0 aliphatic rings. The van der Waals surface area contributed by atoms with Crippen LogP contribution < -0.4 is 0 Å². The molecule has 0 aromatic carbocycles. The molecule has 0 spiro atoms. The van der Waals surface area contributed by atoms with Gasteiger partial charge in [0.25, 0.3) is 0 Å². The molecule has 2 aromatic heterocycles. The summed E-state index contributed by atoms with van der Waals surface area (Å²) in [7, 11) is 0. The summed E-state index contributed by atoms with van der Waals surface area (Å²) < 4.78 is 0.696. The standard InChI is InChI=1S/C12H9BrN2O/c1-8-5-9(7-14-6-8)12(16)11-10(13)3-2-4-15-11/h2-7H,1H3. The third-order valence-electron chi connectivity index (χ3n) is 2.11. The molecule has 0 unspecified atom stereocenters. The van der Waals surface area contributed by atoms with Gasteiger partial charge in [-0.2, -0.15) is 0 Å². The van der Waals surface area contributed by atoms with Crippen LogP contribution in [0.2, 0.25) is 0 Å². The fraction of sp³-hybridized carbons (Fsp3) is 0.0833. The molecule has 2 aromatic rings. The van der Waals surface area contributed by atoms with E-state index >= 15 is 0 Å². The van der Waals surface area contributed by atoms with Crippen molar-refractivity contribution in [2.75, 3.05) is 0 Å². The minimum absolute atomic E-state index is 0.122. The van der Waals surface area contributed by atoms with Crippen LogP contribution in [0.5, 0.6) is 0 Å². The summed E-state index contributed by atoms with van der Waals surface area (Å²) in [6.45, 7) is 1.90. The van der Waals surface area contributed by atoms with Crippen LogP contribution in [0.25, 0.3) is 0 Å². The zero-order chi connectivity index (χ0) is 11.5. The van der Waals surface area contributed by atoms with Crippen molar-refractivity contribution in [3.63, 3.8) is 0 Å². The second-order valence-corrected chi connectivity index (χ2v) is 4.27. The van der Waals surface area contributed by atoms with Crippen LogP contribution in [-0.4, -0.2) is 15.8 Å². The van der Waals surface area contributed by atoms with Gasteiger partial charge >= 0.3 is 0 Å². The third-order valence-corrected chi connectivity index (χ3v) is 2.75. The van der Waals surface area contributed by atoms with E-state index in [4.69, 9.17) is 0 Å². The molecule has 2 heterocycles. The Labute approximate surface area is 102 Å². The van der Waals surface area contributed by atoms with E-state index in [1.165, 1.54) is 0 Å². The second kappa shape index (κ2) is 4.53. The quantitative estimate of drug-likeness (QED) is 0.793. The molecular formula is C12H9BrN2O. The van der Waals surface area contributed by atoms with Gasteiger partial charge in [-0.15, -0.1) is 0 Å². The molecule has 0 N–H and O–H groups in total. The number of hydrogen-bond donors (Lipinski definition) is 0. The van der Waals surface area contributed by atoms with Gasteiger partial charge in [-0.3, -0.25) is 14.8 Å². The summed E-state index contributed by atoms with van der Waals surface area (Å²) in [6.07, 6.45) is 4.86. The van der Waals surface area contributed by atoms with Crippen molar-refractivity contribution in [1.29, 1.82) is 0 Å². The van der Waals surface area contributed by atoms with Crippen LogP contribution in [0, 0.1) is 6.92 Å². The fourth-order valence-electron chi connectivity index (χ4n) is 1.37. The van der Waals surface area contributed by atoms with E-state index < -0.39 is 0 Å². The van der Waals surface area contributed by atoms with E-state index in [2.05, 4.69) is 25.9 Å². The number of rotatable bonds is 2. The highest BCUT2D eigenvalue weighted by molar-refractivity contribution is 9.10. The molecule has 0 amide bonds. The van der Waals surface area contributed by atoms with Gasteiger partial charge < -0.3 is 0 Å². The molecule has 3 nitrogen and oxygen atoms in total. The molecule has 0 bridgehead atoms. The maximum atomic E-state index is 12.1. The Bertz CT molecular complexity index is 540. The fourth-order valence-corrected chi connectivity index (χ4v) is 1.80. The first-order valence-electron chi connectivity index (χ1n) is 4.75. The van der Waals surface area contributed by atoms with Crippen LogP contribution in [0.4, 0.5) is 0 Å². The van der Waals surface area contributed by atoms with Gasteiger partial charge in [0.1, 0.15) is 5.69 Å². The molecule has 80 valence electrons. The third kappa shape index (κ3) is 2.17. The van der Waals surface area contributed by atoms with Crippen LogP contribution in [-0.2, 0) is 0 Å². The van der Waals surface area contributed by atoms with E-state index in [1.54, 1.807) is 36.8 Å². The zero-order valence-electron chi connectivity index (χ0n) is 8.64. The Balaban J connectivity index is 2.44. The maximum absolute atomic E-state index is 12.1. The van der Waals surface area contributed by atoms with Gasteiger partial charge in [-0.25, -0.2) is 0 Å². The van der Waals surface area contributed by atoms with E-state index in [1.807, 2.05) is 6.92 Å². The number of halogens is 1. The number of pyridine rings is 2. The lowest BCUT2D eigenvalue weighted by Crippen LogP contribution is -2.05. The van der Waals surface area contributed by atoms with Gasteiger partial charge in [-0.1, -0.05) is 0 Å². The summed E-state index contributed by atoms with van der Waals surface area (Å²) >= 11 is 3.31. The van der Waals surface area contributed by atoms with E-state index in [0.29, 0.717) is 15.7 Å². The number of carbonyl (C=O) groups is 1. The average molecular weight is 277 g/mol. The average Bonchev–Trinajstić information content (AvgIpc) is 2.29. The number of carbonyl (C=O) groups excluding carboxylic acids is 1. The van der Waals surface area contributed by atoms with Crippen molar-refractivity contribution >= 4 is 21.7 Å². The zero-order valence-corrected chi connectivity index (χ0v) is 10.2. The molecule has 0 saturated carbocycles. The number of hydrogen-bond acceptors (Lipinski definition) is 3. The molecule has 16 heavy (non-hydrogen) atoms. The molecule has 0 radical (unpaired) electrons. The lowest BCUT2D eigenvalue weighted by molar-refractivity contribution is 0.103. The summed E-state index contributed by atoms with van der Waals surface area (Å²) in [5.41, 5.74) is 1.92. The lowest BCUT2D eigenvalue weighted by atomic mass is 10.1. The highest BCUT2D eigenvalue weighted by Crippen LogP contribution is 2.17. The Morgan fingerprint density at radius 3 is 2.88 bits per heavy atom. The minimum atomic E-state index is -0.122. The summed E-state index contributed by atoms with van der Waals surface area (Å²) in [4.78, 5) is 20.1. The largest absolute Gasteiger partial charge is 0.287 e. The van der Waals surface area contributed by atoms with Crippen molar-refractivity contribution < 1.29 is 4.79 Å². The second-order valence-electron chi connectivity index (χ2n) is 3.41. The van der Waals surface area contributed by atoms with Crippen molar-refractivity contribution in [2.24, 2.45) is 0 Å². The topological polar surface area (TPSA) is 42.9 Å². The SMILES string of the molecule is Cc1cncc(C(=O)c2ncccc2Br)c1. The number of aromatic nitrogens is 2. The Morgan fingerprint density at radius 2 is 2.19 bits per heavy atom. The lowest BCUT2D eigenvalue weighted by Gasteiger charge is -2.02. The Kier molecular flexibility index (Phi) is 3.10. The van der Waals surface area contributed by atoms with E-state index in [-0.39, 0.29) is 5.78 Å².